The quantitative estimate of drug-likeness (QED) is 0.731. The molecule has 0 aromatic carbocycles. The minimum Gasteiger partial charge on any atom is -0.302 e. The summed E-state index contributed by atoms with van der Waals surface area (Å²) >= 11 is 0. The maximum atomic E-state index is 12.6. The number of hydrogen-bond acceptors (Lipinski definition) is 3. The van der Waals surface area contributed by atoms with Gasteiger partial charge in [-0.2, -0.15) is 0 Å². The molecule has 0 bridgehead atoms. The van der Waals surface area contributed by atoms with E-state index in [1.165, 1.54) is 0 Å². The Bertz CT molecular complexity index is 604. The van der Waals surface area contributed by atoms with Crippen LogP contribution in [0.3, 0.4) is 0 Å². The molecule has 0 aromatic heterocycles. The highest BCUT2D eigenvalue weighted by Gasteiger charge is 2.61. The Labute approximate surface area is 137 Å². The molecule has 4 aliphatic rings. The number of rotatable bonds is 2. The number of carbonyl (C=O) groups is 3. The van der Waals surface area contributed by atoms with Crippen LogP contribution in [0.1, 0.15) is 64.7 Å². The molecule has 3 heteroatoms. The van der Waals surface area contributed by atoms with Crippen molar-refractivity contribution in [2.45, 2.75) is 64.7 Å². The standard InChI is InChI=1S/C20H26O3/c1-2-19-10-8-17-15(16(19)5-6-18(19)23)4-3-13-11-14(22)7-9-20(13,17)12-21/h11-12,15-17H,2-10H2,1H3/t15-,16-,17-,19-,20+/m0/s1. The van der Waals surface area contributed by atoms with Gasteiger partial charge in [0.05, 0.1) is 5.41 Å². The maximum Gasteiger partial charge on any atom is 0.155 e. The second kappa shape index (κ2) is 5.12. The van der Waals surface area contributed by atoms with E-state index in [9.17, 15) is 14.4 Å². The van der Waals surface area contributed by atoms with Crippen molar-refractivity contribution in [3.63, 3.8) is 0 Å². The van der Waals surface area contributed by atoms with Gasteiger partial charge in [-0.15, -0.1) is 0 Å². The third-order valence-corrected chi connectivity index (χ3v) is 7.85. The molecule has 0 N–H and O–H groups in total. The summed E-state index contributed by atoms with van der Waals surface area (Å²) in [7, 11) is 0. The van der Waals surface area contributed by atoms with Gasteiger partial charge in [-0.05, 0) is 68.8 Å². The molecule has 0 amide bonds. The first-order valence-electron chi connectivity index (χ1n) is 9.31. The van der Waals surface area contributed by atoms with E-state index in [-0.39, 0.29) is 11.2 Å². The molecule has 0 radical (unpaired) electrons. The highest BCUT2D eigenvalue weighted by atomic mass is 16.1. The van der Waals surface area contributed by atoms with Crippen LogP contribution < -0.4 is 0 Å². The molecular formula is C20H26O3. The molecule has 23 heavy (non-hydrogen) atoms. The molecule has 3 saturated carbocycles. The molecule has 0 spiro atoms. The Balaban J connectivity index is 1.74. The van der Waals surface area contributed by atoms with Crippen LogP contribution in [0.5, 0.6) is 0 Å². The van der Waals surface area contributed by atoms with Gasteiger partial charge in [0.15, 0.2) is 5.78 Å². The zero-order valence-electron chi connectivity index (χ0n) is 14.0. The Hall–Kier alpha value is -1.25. The summed E-state index contributed by atoms with van der Waals surface area (Å²) in [6.07, 6.45) is 10.7. The maximum absolute atomic E-state index is 12.6. The number of aldehydes is 1. The third-order valence-electron chi connectivity index (χ3n) is 7.85. The molecule has 4 rings (SSSR count). The van der Waals surface area contributed by atoms with Crippen LogP contribution in [-0.2, 0) is 14.4 Å². The number of Topliss-reactive ketones (excluding diaryl/α,β-unsaturated/α-hetero) is 1. The predicted octanol–water partition coefficient (Wildman–Crippen LogP) is 3.66. The van der Waals surface area contributed by atoms with E-state index in [1.807, 2.05) is 0 Å². The van der Waals surface area contributed by atoms with Crippen molar-refractivity contribution < 1.29 is 14.4 Å². The Morgan fingerprint density at radius 2 is 1.91 bits per heavy atom. The van der Waals surface area contributed by atoms with E-state index >= 15 is 0 Å². The van der Waals surface area contributed by atoms with Gasteiger partial charge in [0.25, 0.3) is 0 Å². The molecule has 0 heterocycles. The smallest absolute Gasteiger partial charge is 0.155 e. The molecular weight excluding hydrogens is 288 g/mol. The normalized spacial score (nSPS) is 45.8. The number of carbonyl (C=O) groups excluding carboxylic acids is 3. The average Bonchev–Trinajstić information content (AvgIpc) is 2.92. The average molecular weight is 314 g/mol. The highest BCUT2D eigenvalue weighted by molar-refractivity contribution is 5.93. The highest BCUT2D eigenvalue weighted by Crippen LogP contribution is 2.64. The van der Waals surface area contributed by atoms with Crippen LogP contribution in [0.25, 0.3) is 0 Å². The third kappa shape index (κ3) is 1.85. The summed E-state index contributed by atoms with van der Waals surface area (Å²) in [6.45, 7) is 2.17. The zero-order chi connectivity index (χ0) is 16.2. The first-order valence-corrected chi connectivity index (χ1v) is 9.31. The summed E-state index contributed by atoms with van der Waals surface area (Å²) in [4.78, 5) is 36.6. The number of hydrogen-bond donors (Lipinski definition) is 0. The second-order valence-corrected chi connectivity index (χ2v) is 8.22. The van der Waals surface area contributed by atoms with E-state index in [1.54, 1.807) is 6.08 Å². The van der Waals surface area contributed by atoms with Gasteiger partial charge in [-0.3, -0.25) is 9.59 Å². The largest absolute Gasteiger partial charge is 0.302 e. The number of allylic oxidation sites excluding steroid dienone is 1. The number of ketones is 2. The van der Waals surface area contributed by atoms with Gasteiger partial charge in [-0.1, -0.05) is 12.5 Å². The molecule has 4 aliphatic carbocycles. The summed E-state index contributed by atoms with van der Waals surface area (Å²) in [5, 5.41) is 0. The van der Waals surface area contributed by atoms with Crippen LogP contribution in [0.4, 0.5) is 0 Å². The fourth-order valence-electron chi connectivity index (χ4n) is 6.72. The zero-order valence-corrected chi connectivity index (χ0v) is 14.0. The van der Waals surface area contributed by atoms with Crippen molar-refractivity contribution in [1.82, 2.24) is 0 Å². The lowest BCUT2D eigenvalue weighted by molar-refractivity contribution is -0.137. The van der Waals surface area contributed by atoms with E-state index < -0.39 is 5.41 Å². The molecule has 0 aliphatic heterocycles. The summed E-state index contributed by atoms with van der Waals surface area (Å²) in [6, 6.07) is 0. The summed E-state index contributed by atoms with van der Waals surface area (Å²) < 4.78 is 0. The lowest BCUT2D eigenvalue weighted by Crippen LogP contribution is -2.53. The predicted molar refractivity (Wildman–Crippen MR) is 86.7 cm³/mol. The van der Waals surface area contributed by atoms with E-state index in [0.717, 1.165) is 56.8 Å². The summed E-state index contributed by atoms with van der Waals surface area (Å²) in [5.74, 6) is 1.97. The van der Waals surface area contributed by atoms with E-state index in [2.05, 4.69) is 6.92 Å². The molecule has 0 aromatic rings. The minimum absolute atomic E-state index is 0.100. The molecule has 5 atom stereocenters. The molecule has 0 saturated heterocycles. The second-order valence-electron chi connectivity index (χ2n) is 8.22. The fraction of sp³-hybridized carbons (Fsp3) is 0.750. The fourth-order valence-corrected chi connectivity index (χ4v) is 6.72. The van der Waals surface area contributed by atoms with Crippen LogP contribution in [0.2, 0.25) is 0 Å². The van der Waals surface area contributed by atoms with Crippen molar-refractivity contribution >= 4 is 17.9 Å². The monoisotopic (exact) mass is 314 g/mol. The van der Waals surface area contributed by atoms with Crippen molar-refractivity contribution in [2.75, 3.05) is 0 Å². The van der Waals surface area contributed by atoms with Crippen molar-refractivity contribution in [3.05, 3.63) is 11.6 Å². The van der Waals surface area contributed by atoms with Crippen LogP contribution in [0.15, 0.2) is 11.6 Å². The Morgan fingerprint density at radius 3 is 2.65 bits per heavy atom. The van der Waals surface area contributed by atoms with Crippen LogP contribution >= 0.6 is 0 Å². The Kier molecular flexibility index (Phi) is 3.40. The van der Waals surface area contributed by atoms with Gasteiger partial charge in [-0.25, -0.2) is 0 Å². The van der Waals surface area contributed by atoms with E-state index in [0.29, 0.717) is 36.4 Å². The lowest BCUT2D eigenvalue weighted by Gasteiger charge is -2.56. The Morgan fingerprint density at radius 1 is 1.09 bits per heavy atom. The van der Waals surface area contributed by atoms with E-state index in [4.69, 9.17) is 0 Å². The van der Waals surface area contributed by atoms with Gasteiger partial charge in [0.2, 0.25) is 0 Å². The molecule has 3 nitrogen and oxygen atoms in total. The van der Waals surface area contributed by atoms with Crippen molar-refractivity contribution in [1.29, 1.82) is 0 Å². The van der Waals surface area contributed by atoms with Crippen molar-refractivity contribution in [2.24, 2.45) is 28.6 Å². The molecule has 0 unspecified atom stereocenters. The SMILES string of the molecule is CC[C@]12CC[C@H]3[C@@H](CCC4=CC(=O)CC[C@@]43C=O)[C@@H]1CCC2=O. The first-order chi connectivity index (χ1) is 11.1. The van der Waals surface area contributed by atoms with Gasteiger partial charge in [0, 0.05) is 18.3 Å². The van der Waals surface area contributed by atoms with Gasteiger partial charge < -0.3 is 4.79 Å². The van der Waals surface area contributed by atoms with Crippen LogP contribution in [0, 0.1) is 28.6 Å². The number of fused-ring (bicyclic) bond motifs is 5. The van der Waals surface area contributed by atoms with Crippen LogP contribution in [-0.4, -0.2) is 17.9 Å². The summed E-state index contributed by atoms with van der Waals surface area (Å²) in [5.41, 5.74) is 0.595. The van der Waals surface area contributed by atoms with Gasteiger partial charge >= 0.3 is 0 Å². The molecule has 3 fully saturated rings. The van der Waals surface area contributed by atoms with Crippen molar-refractivity contribution in [3.8, 4) is 0 Å². The minimum atomic E-state index is -0.400. The topological polar surface area (TPSA) is 51.2 Å². The van der Waals surface area contributed by atoms with Gasteiger partial charge in [0.1, 0.15) is 12.1 Å². The first kappa shape index (κ1) is 15.3. The molecule has 124 valence electrons. The lowest BCUT2D eigenvalue weighted by atomic mass is 9.46.